The van der Waals surface area contributed by atoms with Gasteiger partial charge in [-0.2, -0.15) is 0 Å². The number of carboxylic acids is 1. The van der Waals surface area contributed by atoms with E-state index in [1.165, 1.54) is 6.07 Å². The van der Waals surface area contributed by atoms with Crippen molar-refractivity contribution in [3.63, 3.8) is 0 Å². The molecule has 1 aromatic rings. The molecule has 0 saturated carbocycles. The van der Waals surface area contributed by atoms with Crippen LogP contribution in [-0.4, -0.2) is 26.4 Å². The maximum Gasteiger partial charge on any atom is 0.305 e. The van der Waals surface area contributed by atoms with E-state index in [1.54, 1.807) is 0 Å². The van der Waals surface area contributed by atoms with Crippen molar-refractivity contribution in [2.24, 2.45) is 5.73 Å². The standard InChI is InChI=1S/C9H11NO5/c10-5(3-7(12)13)4-1-2-6(11)9(15)8(4)14/h1-2,5,11,14-15H,3,10H2,(H,12,13). The lowest BCUT2D eigenvalue weighted by atomic mass is 10.0. The van der Waals surface area contributed by atoms with E-state index < -0.39 is 29.3 Å². The van der Waals surface area contributed by atoms with Crippen molar-refractivity contribution in [2.45, 2.75) is 12.5 Å². The molecule has 15 heavy (non-hydrogen) atoms. The van der Waals surface area contributed by atoms with E-state index in [9.17, 15) is 9.90 Å². The Morgan fingerprint density at radius 1 is 1.27 bits per heavy atom. The fraction of sp³-hybridized carbons (Fsp3) is 0.222. The molecule has 1 rings (SSSR count). The van der Waals surface area contributed by atoms with Gasteiger partial charge >= 0.3 is 5.97 Å². The number of nitrogens with two attached hydrogens (primary N) is 1. The number of aromatic hydroxyl groups is 3. The largest absolute Gasteiger partial charge is 0.504 e. The highest BCUT2D eigenvalue weighted by Gasteiger charge is 2.18. The van der Waals surface area contributed by atoms with E-state index in [1.807, 2.05) is 0 Å². The number of rotatable bonds is 3. The van der Waals surface area contributed by atoms with E-state index in [0.29, 0.717) is 0 Å². The first kappa shape index (κ1) is 11.1. The monoisotopic (exact) mass is 213 g/mol. The number of benzene rings is 1. The summed E-state index contributed by atoms with van der Waals surface area (Å²) in [6, 6.07) is 1.46. The molecule has 0 bridgehead atoms. The summed E-state index contributed by atoms with van der Waals surface area (Å²) in [5.74, 6) is -2.90. The molecule has 1 unspecified atom stereocenters. The lowest BCUT2D eigenvalue weighted by Gasteiger charge is -2.12. The zero-order valence-corrected chi connectivity index (χ0v) is 7.71. The van der Waals surface area contributed by atoms with Crippen LogP contribution in [0, 0.1) is 0 Å². The number of hydrogen-bond donors (Lipinski definition) is 5. The summed E-state index contributed by atoms with van der Waals surface area (Å²) in [6.45, 7) is 0. The molecule has 0 aliphatic carbocycles. The molecule has 1 aromatic carbocycles. The lowest BCUT2D eigenvalue weighted by Crippen LogP contribution is -2.15. The van der Waals surface area contributed by atoms with Crippen molar-refractivity contribution in [1.82, 2.24) is 0 Å². The van der Waals surface area contributed by atoms with E-state index in [2.05, 4.69) is 0 Å². The van der Waals surface area contributed by atoms with Crippen molar-refractivity contribution in [3.05, 3.63) is 17.7 Å². The van der Waals surface area contributed by atoms with Gasteiger partial charge < -0.3 is 26.2 Å². The summed E-state index contributed by atoms with van der Waals surface area (Å²) in [5, 5.41) is 36.1. The second-order valence-corrected chi connectivity index (χ2v) is 3.08. The Morgan fingerprint density at radius 2 is 1.87 bits per heavy atom. The first-order valence-corrected chi connectivity index (χ1v) is 4.14. The van der Waals surface area contributed by atoms with Crippen LogP contribution < -0.4 is 5.73 Å². The zero-order valence-electron chi connectivity index (χ0n) is 7.71. The molecule has 1 atom stereocenters. The minimum Gasteiger partial charge on any atom is -0.504 e. The van der Waals surface area contributed by atoms with E-state index >= 15 is 0 Å². The number of phenolic OH excluding ortho intramolecular Hbond substituents is 3. The molecule has 6 heteroatoms. The molecule has 0 aromatic heterocycles. The van der Waals surface area contributed by atoms with Gasteiger partial charge in [-0.25, -0.2) is 0 Å². The number of aliphatic carboxylic acids is 1. The number of carboxylic acid groups (broad SMARTS) is 1. The summed E-state index contributed by atoms with van der Waals surface area (Å²) in [6.07, 6.45) is -0.377. The highest BCUT2D eigenvalue weighted by atomic mass is 16.4. The van der Waals surface area contributed by atoms with Gasteiger partial charge in [0.2, 0.25) is 5.75 Å². The zero-order chi connectivity index (χ0) is 11.6. The van der Waals surface area contributed by atoms with Crippen LogP contribution in [0.1, 0.15) is 18.0 Å². The fourth-order valence-electron chi connectivity index (χ4n) is 1.18. The molecular weight excluding hydrogens is 202 g/mol. The van der Waals surface area contributed by atoms with Crippen LogP contribution in [0.5, 0.6) is 17.2 Å². The molecule has 0 radical (unpaired) electrons. The summed E-state index contributed by atoms with van der Waals surface area (Å²) < 4.78 is 0. The number of carbonyl (C=O) groups is 1. The fourth-order valence-corrected chi connectivity index (χ4v) is 1.18. The van der Waals surface area contributed by atoms with E-state index in [0.717, 1.165) is 6.07 Å². The van der Waals surface area contributed by atoms with Gasteiger partial charge in [-0.15, -0.1) is 0 Å². The SMILES string of the molecule is NC(CC(=O)O)c1ccc(O)c(O)c1O. The molecule has 6 N–H and O–H groups in total. The average molecular weight is 213 g/mol. The van der Waals surface area contributed by atoms with E-state index in [4.69, 9.17) is 21.1 Å². The Kier molecular flexibility index (Phi) is 3.01. The maximum absolute atomic E-state index is 10.4. The molecule has 0 saturated heterocycles. The van der Waals surface area contributed by atoms with Crippen molar-refractivity contribution in [3.8, 4) is 17.2 Å². The Morgan fingerprint density at radius 3 is 2.40 bits per heavy atom. The van der Waals surface area contributed by atoms with Crippen LogP contribution in [-0.2, 0) is 4.79 Å². The molecule has 0 aliphatic heterocycles. The molecular formula is C9H11NO5. The van der Waals surface area contributed by atoms with Crippen LogP contribution in [0.2, 0.25) is 0 Å². The molecule has 0 aliphatic rings. The minimum atomic E-state index is -1.12. The van der Waals surface area contributed by atoms with Gasteiger partial charge in [0.05, 0.1) is 6.42 Å². The first-order chi connectivity index (χ1) is 6.93. The van der Waals surface area contributed by atoms with Gasteiger partial charge in [0.25, 0.3) is 0 Å². The quantitative estimate of drug-likeness (QED) is 0.459. The molecule has 0 fully saturated rings. The van der Waals surface area contributed by atoms with Crippen LogP contribution in [0.15, 0.2) is 12.1 Å². The summed E-state index contributed by atoms with van der Waals surface area (Å²) in [7, 11) is 0. The average Bonchev–Trinajstić information content (AvgIpc) is 2.13. The van der Waals surface area contributed by atoms with Gasteiger partial charge in [0, 0.05) is 11.6 Å². The molecule has 6 nitrogen and oxygen atoms in total. The topological polar surface area (TPSA) is 124 Å². The van der Waals surface area contributed by atoms with Crippen LogP contribution in [0.3, 0.4) is 0 Å². The Labute approximate surface area is 85.2 Å². The first-order valence-electron chi connectivity index (χ1n) is 4.14. The van der Waals surface area contributed by atoms with Crippen molar-refractivity contribution >= 4 is 5.97 Å². The van der Waals surface area contributed by atoms with Crippen LogP contribution in [0.25, 0.3) is 0 Å². The van der Waals surface area contributed by atoms with E-state index in [-0.39, 0.29) is 12.0 Å². The van der Waals surface area contributed by atoms with Gasteiger partial charge in [0.15, 0.2) is 11.5 Å². The summed E-state index contributed by atoms with van der Waals surface area (Å²) in [5.41, 5.74) is 5.56. The van der Waals surface area contributed by atoms with Gasteiger partial charge in [-0.05, 0) is 12.1 Å². The van der Waals surface area contributed by atoms with Crippen molar-refractivity contribution in [2.75, 3.05) is 0 Å². The summed E-state index contributed by atoms with van der Waals surface area (Å²) >= 11 is 0. The Bertz CT molecular complexity index is 390. The van der Waals surface area contributed by atoms with Crippen molar-refractivity contribution in [1.29, 1.82) is 0 Å². The summed E-state index contributed by atoms with van der Waals surface area (Å²) in [4.78, 5) is 10.4. The highest BCUT2D eigenvalue weighted by Crippen LogP contribution is 2.39. The van der Waals surface area contributed by atoms with Gasteiger partial charge in [-0.1, -0.05) is 0 Å². The third-order valence-electron chi connectivity index (χ3n) is 1.96. The molecule has 82 valence electrons. The Balaban J connectivity index is 3.05. The molecule has 0 heterocycles. The third-order valence-corrected chi connectivity index (χ3v) is 1.96. The predicted octanol–water partition coefficient (Wildman–Crippen LogP) is 0.278. The highest BCUT2D eigenvalue weighted by molar-refractivity contribution is 5.68. The number of hydrogen-bond acceptors (Lipinski definition) is 5. The maximum atomic E-state index is 10.4. The van der Waals surface area contributed by atoms with Gasteiger partial charge in [0.1, 0.15) is 0 Å². The van der Waals surface area contributed by atoms with Crippen LogP contribution >= 0.6 is 0 Å². The van der Waals surface area contributed by atoms with Gasteiger partial charge in [-0.3, -0.25) is 4.79 Å². The second-order valence-electron chi connectivity index (χ2n) is 3.08. The smallest absolute Gasteiger partial charge is 0.305 e. The molecule has 0 spiro atoms. The Hall–Kier alpha value is -1.95. The minimum absolute atomic E-state index is 0.0766. The third kappa shape index (κ3) is 2.29. The second kappa shape index (κ2) is 4.05. The predicted molar refractivity (Wildman–Crippen MR) is 50.6 cm³/mol. The lowest BCUT2D eigenvalue weighted by molar-refractivity contribution is -0.137. The molecule has 0 amide bonds. The number of phenols is 3. The van der Waals surface area contributed by atoms with Crippen molar-refractivity contribution < 1.29 is 25.2 Å². The normalized spacial score (nSPS) is 12.3. The van der Waals surface area contributed by atoms with Crippen LogP contribution in [0.4, 0.5) is 0 Å².